The van der Waals surface area contributed by atoms with Gasteiger partial charge in [0.15, 0.2) is 0 Å². The second kappa shape index (κ2) is 11.0. The van der Waals surface area contributed by atoms with E-state index in [-0.39, 0.29) is 17.3 Å². The first kappa shape index (κ1) is 20.3. The van der Waals surface area contributed by atoms with Gasteiger partial charge in [-0.05, 0) is 37.1 Å². The van der Waals surface area contributed by atoms with Crippen LogP contribution < -0.4 is 10.0 Å². The first-order valence-electron chi connectivity index (χ1n) is 8.08. The van der Waals surface area contributed by atoms with Crippen LogP contribution in [0.3, 0.4) is 0 Å². The fourth-order valence-corrected chi connectivity index (χ4v) is 2.86. The van der Waals surface area contributed by atoms with Crippen LogP contribution in [0.5, 0.6) is 0 Å². The number of nitrogens with one attached hydrogen (secondary N) is 2. The Bertz CT molecular complexity index is 612. The summed E-state index contributed by atoms with van der Waals surface area (Å²) in [5.74, 6) is -0.230. The van der Waals surface area contributed by atoms with E-state index in [1.807, 2.05) is 0 Å². The highest BCUT2D eigenvalue weighted by Gasteiger charge is 2.13. The zero-order valence-electron chi connectivity index (χ0n) is 14.1. The molecular weight excluding hydrogens is 328 g/mol. The highest BCUT2D eigenvalue weighted by molar-refractivity contribution is 7.89. The Morgan fingerprint density at radius 1 is 1.21 bits per heavy atom. The maximum Gasteiger partial charge on any atom is 0.251 e. The molecule has 0 saturated carbocycles. The zero-order chi connectivity index (χ0) is 17.8. The van der Waals surface area contributed by atoms with E-state index >= 15 is 0 Å². The topological polar surface area (TPSA) is 84.5 Å². The molecule has 0 aliphatic rings. The van der Waals surface area contributed by atoms with Crippen molar-refractivity contribution in [3.05, 3.63) is 42.5 Å². The average Bonchev–Trinajstić information content (AvgIpc) is 2.59. The first-order valence-corrected chi connectivity index (χ1v) is 9.56. The minimum absolute atomic E-state index is 0.116. The van der Waals surface area contributed by atoms with Crippen molar-refractivity contribution in [2.24, 2.45) is 0 Å². The van der Waals surface area contributed by atoms with Gasteiger partial charge in [-0.25, -0.2) is 13.1 Å². The molecule has 1 aromatic carbocycles. The lowest BCUT2D eigenvalue weighted by atomic mass is 10.2. The van der Waals surface area contributed by atoms with E-state index in [9.17, 15) is 13.2 Å². The van der Waals surface area contributed by atoms with E-state index in [2.05, 4.69) is 23.5 Å². The highest BCUT2D eigenvalue weighted by Crippen LogP contribution is 2.10. The standard InChI is InChI=1S/C17H26N2O4S/c1-3-5-13-23-14-6-12-18-17(20)15-7-9-16(10-8-15)24(21,22)19-11-4-2/h4,7-10,19H,2-3,5-6,11-14H2,1H3,(H,18,20). The van der Waals surface area contributed by atoms with Gasteiger partial charge < -0.3 is 10.1 Å². The largest absolute Gasteiger partial charge is 0.381 e. The van der Waals surface area contributed by atoms with Gasteiger partial charge in [0.05, 0.1) is 4.90 Å². The van der Waals surface area contributed by atoms with Gasteiger partial charge in [-0.1, -0.05) is 19.4 Å². The number of sulfonamides is 1. The third-order valence-electron chi connectivity index (χ3n) is 3.24. The maximum atomic E-state index is 12.0. The number of rotatable bonds is 12. The Hall–Kier alpha value is -1.70. The Balaban J connectivity index is 2.42. The van der Waals surface area contributed by atoms with Gasteiger partial charge in [-0.2, -0.15) is 0 Å². The van der Waals surface area contributed by atoms with Crippen LogP contribution in [0.4, 0.5) is 0 Å². The fourth-order valence-electron chi connectivity index (χ4n) is 1.86. The lowest BCUT2D eigenvalue weighted by Crippen LogP contribution is -2.26. The lowest BCUT2D eigenvalue weighted by Gasteiger charge is -2.08. The molecule has 0 fully saturated rings. The Morgan fingerprint density at radius 2 is 1.88 bits per heavy atom. The molecule has 1 amide bonds. The molecular formula is C17H26N2O4S. The van der Waals surface area contributed by atoms with E-state index in [4.69, 9.17) is 4.74 Å². The third-order valence-corrected chi connectivity index (χ3v) is 4.68. The first-order chi connectivity index (χ1) is 11.5. The number of amides is 1. The number of unbranched alkanes of at least 4 members (excludes halogenated alkanes) is 1. The number of hydrogen-bond donors (Lipinski definition) is 2. The number of ether oxygens (including phenoxy) is 1. The van der Waals surface area contributed by atoms with Crippen LogP contribution in [-0.4, -0.2) is 40.6 Å². The quantitative estimate of drug-likeness (QED) is 0.445. The smallest absolute Gasteiger partial charge is 0.251 e. The molecule has 24 heavy (non-hydrogen) atoms. The predicted molar refractivity (Wildman–Crippen MR) is 94.5 cm³/mol. The van der Waals surface area contributed by atoms with Gasteiger partial charge in [-0.3, -0.25) is 4.79 Å². The summed E-state index contributed by atoms with van der Waals surface area (Å²) in [7, 11) is -3.57. The molecule has 0 heterocycles. The molecule has 134 valence electrons. The molecule has 0 spiro atoms. The predicted octanol–water partition coefficient (Wildman–Crippen LogP) is 2.09. The van der Waals surface area contributed by atoms with Crippen molar-refractivity contribution >= 4 is 15.9 Å². The summed E-state index contributed by atoms with van der Waals surface area (Å²) in [4.78, 5) is 12.1. The van der Waals surface area contributed by atoms with Crippen LogP contribution >= 0.6 is 0 Å². The van der Waals surface area contributed by atoms with Crippen molar-refractivity contribution in [3.8, 4) is 0 Å². The number of benzene rings is 1. The molecule has 1 rings (SSSR count). The van der Waals surface area contributed by atoms with Crippen LogP contribution in [0, 0.1) is 0 Å². The number of carbonyl (C=O) groups is 1. The highest BCUT2D eigenvalue weighted by atomic mass is 32.2. The summed E-state index contributed by atoms with van der Waals surface area (Å²) < 4.78 is 31.6. The van der Waals surface area contributed by atoms with Crippen molar-refractivity contribution in [2.45, 2.75) is 31.1 Å². The summed E-state index contributed by atoms with van der Waals surface area (Å²) in [5, 5.41) is 2.79. The van der Waals surface area contributed by atoms with Gasteiger partial charge >= 0.3 is 0 Å². The minimum Gasteiger partial charge on any atom is -0.381 e. The molecule has 0 aromatic heterocycles. The van der Waals surface area contributed by atoms with Crippen molar-refractivity contribution in [3.63, 3.8) is 0 Å². The second-order valence-electron chi connectivity index (χ2n) is 5.24. The molecule has 0 aliphatic carbocycles. The molecule has 0 saturated heterocycles. The third kappa shape index (κ3) is 7.25. The van der Waals surface area contributed by atoms with Crippen LogP contribution in [0.25, 0.3) is 0 Å². The van der Waals surface area contributed by atoms with E-state index < -0.39 is 10.0 Å². The monoisotopic (exact) mass is 354 g/mol. The summed E-state index contributed by atoms with van der Waals surface area (Å²) in [6.07, 6.45) is 4.35. The molecule has 0 unspecified atom stereocenters. The summed E-state index contributed by atoms with van der Waals surface area (Å²) in [5.41, 5.74) is 0.421. The van der Waals surface area contributed by atoms with Gasteiger partial charge in [0.2, 0.25) is 10.0 Å². The zero-order valence-corrected chi connectivity index (χ0v) is 14.9. The number of hydrogen-bond acceptors (Lipinski definition) is 4. The minimum atomic E-state index is -3.57. The molecule has 0 bridgehead atoms. The fraction of sp³-hybridized carbons (Fsp3) is 0.471. The van der Waals surface area contributed by atoms with Crippen LogP contribution in [0.2, 0.25) is 0 Å². The van der Waals surface area contributed by atoms with E-state index in [0.717, 1.165) is 25.9 Å². The van der Waals surface area contributed by atoms with E-state index in [1.165, 1.54) is 30.3 Å². The molecule has 1 aromatic rings. The Labute approximate surface area is 144 Å². The normalized spacial score (nSPS) is 11.2. The van der Waals surface area contributed by atoms with Crippen molar-refractivity contribution in [1.29, 1.82) is 0 Å². The van der Waals surface area contributed by atoms with Crippen molar-refractivity contribution in [2.75, 3.05) is 26.3 Å². The average molecular weight is 354 g/mol. The van der Waals surface area contributed by atoms with Gasteiger partial charge in [0.25, 0.3) is 5.91 Å². The molecule has 0 aliphatic heterocycles. The van der Waals surface area contributed by atoms with Gasteiger partial charge in [-0.15, -0.1) is 6.58 Å². The number of carbonyl (C=O) groups excluding carboxylic acids is 1. The van der Waals surface area contributed by atoms with Crippen LogP contribution in [0.15, 0.2) is 41.8 Å². The second-order valence-corrected chi connectivity index (χ2v) is 7.01. The van der Waals surface area contributed by atoms with E-state index in [1.54, 1.807) is 0 Å². The Morgan fingerprint density at radius 3 is 2.50 bits per heavy atom. The van der Waals surface area contributed by atoms with Crippen molar-refractivity contribution in [1.82, 2.24) is 10.0 Å². The molecule has 0 atom stereocenters. The van der Waals surface area contributed by atoms with Crippen LogP contribution in [-0.2, 0) is 14.8 Å². The van der Waals surface area contributed by atoms with Crippen LogP contribution in [0.1, 0.15) is 36.5 Å². The van der Waals surface area contributed by atoms with Crippen molar-refractivity contribution < 1.29 is 17.9 Å². The van der Waals surface area contributed by atoms with Gasteiger partial charge in [0, 0.05) is 31.9 Å². The summed E-state index contributed by atoms with van der Waals surface area (Å²) in [6, 6.07) is 5.81. The molecule has 6 nitrogen and oxygen atoms in total. The molecule has 7 heteroatoms. The molecule has 2 N–H and O–H groups in total. The SMILES string of the molecule is C=CCNS(=O)(=O)c1ccc(C(=O)NCCCOCCCC)cc1. The molecule has 0 radical (unpaired) electrons. The summed E-state index contributed by atoms with van der Waals surface area (Å²) in [6.45, 7) is 7.61. The Kier molecular flexibility index (Phi) is 9.29. The summed E-state index contributed by atoms with van der Waals surface area (Å²) >= 11 is 0. The van der Waals surface area contributed by atoms with Gasteiger partial charge in [0.1, 0.15) is 0 Å². The maximum absolute atomic E-state index is 12.0. The van der Waals surface area contributed by atoms with E-state index in [0.29, 0.717) is 18.7 Å². The lowest BCUT2D eigenvalue weighted by molar-refractivity contribution is 0.0940.